The molecule has 1 aliphatic carbocycles. The van der Waals surface area contributed by atoms with Gasteiger partial charge in [-0.25, -0.2) is 4.98 Å². The zero-order valence-electron chi connectivity index (χ0n) is 26.7. The van der Waals surface area contributed by atoms with Crippen molar-refractivity contribution >= 4 is 32.7 Å². The summed E-state index contributed by atoms with van der Waals surface area (Å²) in [5.74, 6) is 0. The quantitative estimate of drug-likeness (QED) is 0.144. The van der Waals surface area contributed by atoms with Gasteiger partial charge >= 0.3 is 0 Å². The van der Waals surface area contributed by atoms with Crippen LogP contribution >= 0.6 is 0 Å². The Labute approximate surface area is 285 Å². The van der Waals surface area contributed by atoms with Gasteiger partial charge in [-0.15, -0.1) is 0 Å². The number of fused-ring (bicyclic) bond motifs is 7. The van der Waals surface area contributed by atoms with Crippen LogP contribution in [0.1, 0.15) is 22.3 Å². The standard InChI is InChI=1S/C47H30N2/c1-3-13-35(14-4-1)47(36-15-5-2-6-16-36)41-19-9-7-17-37(41)38-27-26-34(30-42(38)47)31-21-23-32(24-22-31)44-39-18-8-10-20-43(39)49-46-40(44)28-25-33-12-11-29-48-45(33)46/h1-30H. The van der Waals surface area contributed by atoms with Gasteiger partial charge in [0.25, 0.3) is 0 Å². The average Bonchev–Trinajstić information content (AvgIpc) is 3.48. The SMILES string of the molecule is c1ccc(C2(c3ccccc3)c3ccccc3-c3ccc(-c4ccc(-c5c6ccccc6nc6c5ccc5cccnc56)cc4)cc32)cc1. The van der Waals surface area contributed by atoms with Crippen LogP contribution in [0.4, 0.5) is 0 Å². The van der Waals surface area contributed by atoms with Gasteiger partial charge in [0.15, 0.2) is 0 Å². The first-order chi connectivity index (χ1) is 24.3. The molecule has 1 aliphatic rings. The van der Waals surface area contributed by atoms with Gasteiger partial charge in [0, 0.05) is 27.9 Å². The maximum atomic E-state index is 5.11. The third-order valence-corrected chi connectivity index (χ3v) is 10.4. The van der Waals surface area contributed by atoms with Crippen LogP contribution in [-0.2, 0) is 5.41 Å². The van der Waals surface area contributed by atoms with Gasteiger partial charge in [0.1, 0.15) is 0 Å². The Balaban J connectivity index is 1.16. The third kappa shape index (κ3) is 4.07. The van der Waals surface area contributed by atoms with Crippen LogP contribution < -0.4 is 0 Å². The Morgan fingerprint density at radius 1 is 0.408 bits per heavy atom. The van der Waals surface area contributed by atoms with E-state index in [1.54, 1.807) is 0 Å². The minimum atomic E-state index is -0.421. The number of rotatable bonds is 4. The molecule has 2 aromatic heterocycles. The molecule has 49 heavy (non-hydrogen) atoms. The van der Waals surface area contributed by atoms with Gasteiger partial charge in [-0.05, 0) is 68.3 Å². The lowest BCUT2D eigenvalue weighted by Gasteiger charge is -2.34. The lowest BCUT2D eigenvalue weighted by atomic mass is 9.67. The number of pyridine rings is 2. The van der Waals surface area contributed by atoms with Crippen molar-refractivity contribution in [3.05, 3.63) is 204 Å². The van der Waals surface area contributed by atoms with Crippen molar-refractivity contribution in [2.75, 3.05) is 0 Å². The van der Waals surface area contributed by atoms with Crippen molar-refractivity contribution in [3.8, 4) is 33.4 Å². The number of aromatic nitrogens is 2. The van der Waals surface area contributed by atoms with Crippen LogP contribution in [0.3, 0.4) is 0 Å². The molecule has 0 spiro atoms. The number of benzene rings is 7. The first-order valence-corrected chi connectivity index (χ1v) is 16.8. The van der Waals surface area contributed by atoms with Gasteiger partial charge < -0.3 is 0 Å². The molecule has 0 N–H and O–H groups in total. The van der Waals surface area contributed by atoms with Crippen molar-refractivity contribution in [3.63, 3.8) is 0 Å². The molecule has 0 amide bonds. The molecule has 2 heterocycles. The highest BCUT2D eigenvalue weighted by atomic mass is 14.7. The van der Waals surface area contributed by atoms with E-state index >= 15 is 0 Å². The Morgan fingerprint density at radius 2 is 1.06 bits per heavy atom. The Hall–Kier alpha value is -6.38. The second-order valence-electron chi connectivity index (χ2n) is 12.9. The first kappa shape index (κ1) is 27.7. The summed E-state index contributed by atoms with van der Waals surface area (Å²) < 4.78 is 0. The van der Waals surface area contributed by atoms with Crippen LogP contribution in [0.25, 0.3) is 66.1 Å². The summed E-state index contributed by atoms with van der Waals surface area (Å²) in [6.45, 7) is 0. The summed E-state index contributed by atoms with van der Waals surface area (Å²) in [5, 5.41) is 3.35. The molecule has 228 valence electrons. The summed E-state index contributed by atoms with van der Waals surface area (Å²) in [6, 6.07) is 63.9. The molecule has 9 aromatic rings. The summed E-state index contributed by atoms with van der Waals surface area (Å²) in [7, 11) is 0. The zero-order chi connectivity index (χ0) is 32.4. The van der Waals surface area contributed by atoms with Crippen LogP contribution in [-0.4, -0.2) is 9.97 Å². The summed E-state index contributed by atoms with van der Waals surface area (Å²) in [4.78, 5) is 9.85. The molecular formula is C47H30N2. The molecule has 0 atom stereocenters. The van der Waals surface area contributed by atoms with Crippen molar-refractivity contribution < 1.29 is 0 Å². The summed E-state index contributed by atoms with van der Waals surface area (Å²) >= 11 is 0. The van der Waals surface area contributed by atoms with Crippen molar-refractivity contribution in [1.82, 2.24) is 9.97 Å². The predicted molar refractivity (Wildman–Crippen MR) is 203 cm³/mol. The molecule has 0 bridgehead atoms. The number of para-hydroxylation sites is 1. The van der Waals surface area contributed by atoms with Crippen LogP contribution in [0, 0.1) is 0 Å². The van der Waals surface area contributed by atoms with E-state index < -0.39 is 5.41 Å². The maximum absolute atomic E-state index is 5.11. The molecule has 2 nitrogen and oxygen atoms in total. The first-order valence-electron chi connectivity index (χ1n) is 16.8. The minimum absolute atomic E-state index is 0.421. The van der Waals surface area contributed by atoms with E-state index in [9.17, 15) is 0 Å². The Kier molecular flexibility index (Phi) is 6.13. The predicted octanol–water partition coefficient (Wildman–Crippen LogP) is 11.6. The van der Waals surface area contributed by atoms with Crippen LogP contribution in [0.15, 0.2) is 182 Å². The zero-order valence-corrected chi connectivity index (χ0v) is 26.7. The van der Waals surface area contributed by atoms with Crippen LogP contribution in [0.5, 0.6) is 0 Å². The van der Waals surface area contributed by atoms with E-state index in [-0.39, 0.29) is 0 Å². The van der Waals surface area contributed by atoms with Crippen molar-refractivity contribution in [2.24, 2.45) is 0 Å². The topological polar surface area (TPSA) is 25.8 Å². The van der Waals surface area contributed by atoms with E-state index in [0.717, 1.165) is 32.7 Å². The molecule has 7 aromatic carbocycles. The molecular weight excluding hydrogens is 593 g/mol. The molecule has 0 saturated heterocycles. The minimum Gasteiger partial charge on any atom is -0.254 e. The van der Waals surface area contributed by atoms with E-state index in [1.807, 2.05) is 12.3 Å². The highest BCUT2D eigenvalue weighted by Gasteiger charge is 2.46. The fraction of sp³-hybridized carbons (Fsp3) is 0.0213. The summed E-state index contributed by atoms with van der Waals surface area (Å²) in [6.07, 6.45) is 1.85. The largest absolute Gasteiger partial charge is 0.254 e. The average molecular weight is 623 g/mol. The van der Waals surface area contributed by atoms with Crippen LogP contribution in [0.2, 0.25) is 0 Å². The number of hydrogen-bond donors (Lipinski definition) is 0. The fourth-order valence-electron chi connectivity index (χ4n) is 8.26. The number of hydrogen-bond acceptors (Lipinski definition) is 2. The molecule has 2 heteroatoms. The van der Waals surface area contributed by atoms with E-state index in [4.69, 9.17) is 9.97 Å². The third-order valence-electron chi connectivity index (χ3n) is 10.4. The molecule has 0 unspecified atom stereocenters. The summed E-state index contributed by atoms with van der Waals surface area (Å²) in [5.41, 5.74) is 15.0. The fourth-order valence-corrected chi connectivity index (χ4v) is 8.26. The van der Waals surface area contributed by atoms with E-state index in [0.29, 0.717) is 0 Å². The van der Waals surface area contributed by atoms with Gasteiger partial charge in [-0.3, -0.25) is 4.98 Å². The van der Waals surface area contributed by atoms with Gasteiger partial charge in [-0.1, -0.05) is 158 Å². The highest BCUT2D eigenvalue weighted by Crippen LogP contribution is 2.56. The second kappa shape index (κ2) is 10.8. The lowest BCUT2D eigenvalue weighted by molar-refractivity contribution is 0.769. The maximum Gasteiger partial charge on any atom is 0.0978 e. The number of nitrogens with zero attached hydrogens (tertiary/aromatic N) is 2. The molecule has 0 radical (unpaired) electrons. The van der Waals surface area contributed by atoms with Crippen molar-refractivity contribution in [1.29, 1.82) is 0 Å². The Morgan fingerprint density at radius 3 is 1.86 bits per heavy atom. The lowest BCUT2D eigenvalue weighted by Crippen LogP contribution is -2.28. The monoisotopic (exact) mass is 622 g/mol. The molecule has 0 fully saturated rings. The molecule has 10 rings (SSSR count). The van der Waals surface area contributed by atoms with E-state index in [2.05, 4.69) is 170 Å². The van der Waals surface area contributed by atoms with Gasteiger partial charge in [0.05, 0.1) is 22.0 Å². The van der Waals surface area contributed by atoms with Gasteiger partial charge in [0.2, 0.25) is 0 Å². The molecule has 0 saturated carbocycles. The van der Waals surface area contributed by atoms with Gasteiger partial charge in [-0.2, -0.15) is 0 Å². The van der Waals surface area contributed by atoms with E-state index in [1.165, 1.54) is 55.6 Å². The highest BCUT2D eigenvalue weighted by molar-refractivity contribution is 6.16. The second-order valence-corrected chi connectivity index (χ2v) is 12.9. The smallest absolute Gasteiger partial charge is 0.0978 e. The van der Waals surface area contributed by atoms with Crippen molar-refractivity contribution in [2.45, 2.75) is 5.41 Å². The molecule has 0 aliphatic heterocycles. The Bertz CT molecular complexity index is 2660. The normalized spacial score (nSPS) is 13.1.